The van der Waals surface area contributed by atoms with E-state index in [0.717, 1.165) is 16.6 Å². The standard InChI is InChI=1S/C18H20N6O2/c1-21(2)17(25)14-10-12-11-23(8-9-24(12)19-14)18(26)16-13-6-4-5-7-15(13)22(3)20-16/h4-7,10H,8-9,11H2,1-3H3. The molecule has 3 heterocycles. The highest BCUT2D eigenvalue weighted by Gasteiger charge is 2.27. The number of hydrogen-bond acceptors (Lipinski definition) is 4. The van der Waals surface area contributed by atoms with E-state index in [2.05, 4.69) is 10.2 Å². The predicted octanol–water partition coefficient (Wildman–Crippen LogP) is 1.13. The van der Waals surface area contributed by atoms with Crippen molar-refractivity contribution in [3.63, 3.8) is 0 Å². The molecule has 1 aromatic carbocycles. The molecule has 0 saturated heterocycles. The molecule has 0 fully saturated rings. The van der Waals surface area contributed by atoms with Crippen molar-refractivity contribution in [3.8, 4) is 0 Å². The van der Waals surface area contributed by atoms with Gasteiger partial charge in [-0.25, -0.2) is 0 Å². The molecule has 0 N–H and O–H groups in total. The van der Waals surface area contributed by atoms with Crippen LogP contribution in [0.3, 0.4) is 0 Å². The number of nitrogens with zero attached hydrogens (tertiary/aromatic N) is 6. The molecule has 0 unspecified atom stereocenters. The van der Waals surface area contributed by atoms with Gasteiger partial charge in [0.1, 0.15) is 0 Å². The van der Waals surface area contributed by atoms with E-state index in [1.807, 2.05) is 31.3 Å². The van der Waals surface area contributed by atoms with Gasteiger partial charge >= 0.3 is 0 Å². The van der Waals surface area contributed by atoms with Gasteiger partial charge in [0, 0.05) is 33.1 Å². The number of hydrogen-bond donors (Lipinski definition) is 0. The van der Waals surface area contributed by atoms with Gasteiger partial charge in [0.15, 0.2) is 11.4 Å². The number of carbonyl (C=O) groups excluding carboxylic acids is 2. The smallest absolute Gasteiger partial charge is 0.275 e. The Morgan fingerprint density at radius 2 is 1.88 bits per heavy atom. The lowest BCUT2D eigenvalue weighted by atomic mass is 10.2. The van der Waals surface area contributed by atoms with E-state index in [-0.39, 0.29) is 11.8 Å². The topological polar surface area (TPSA) is 76.3 Å². The molecule has 26 heavy (non-hydrogen) atoms. The van der Waals surface area contributed by atoms with E-state index in [9.17, 15) is 9.59 Å². The van der Waals surface area contributed by atoms with Gasteiger partial charge in [-0.3, -0.25) is 19.0 Å². The second-order valence-electron chi connectivity index (χ2n) is 6.66. The summed E-state index contributed by atoms with van der Waals surface area (Å²) in [5.41, 5.74) is 2.65. The minimum absolute atomic E-state index is 0.102. The number of rotatable bonds is 2. The van der Waals surface area contributed by atoms with Gasteiger partial charge in [-0.15, -0.1) is 0 Å². The minimum Gasteiger partial charge on any atom is -0.343 e. The average Bonchev–Trinajstić information content (AvgIpc) is 3.21. The Labute approximate surface area is 150 Å². The van der Waals surface area contributed by atoms with E-state index >= 15 is 0 Å². The summed E-state index contributed by atoms with van der Waals surface area (Å²) in [5, 5.41) is 9.63. The lowest BCUT2D eigenvalue weighted by Crippen LogP contribution is -2.38. The lowest BCUT2D eigenvalue weighted by molar-refractivity contribution is 0.0699. The largest absolute Gasteiger partial charge is 0.343 e. The van der Waals surface area contributed by atoms with Crippen LogP contribution in [0.25, 0.3) is 10.9 Å². The van der Waals surface area contributed by atoms with Crippen LogP contribution < -0.4 is 0 Å². The Morgan fingerprint density at radius 1 is 1.12 bits per heavy atom. The predicted molar refractivity (Wildman–Crippen MR) is 95.7 cm³/mol. The zero-order valence-electron chi connectivity index (χ0n) is 15.0. The van der Waals surface area contributed by atoms with E-state index in [4.69, 9.17) is 0 Å². The third kappa shape index (κ3) is 2.54. The first-order valence-corrected chi connectivity index (χ1v) is 8.45. The van der Waals surface area contributed by atoms with Gasteiger partial charge in [0.2, 0.25) is 0 Å². The van der Waals surface area contributed by atoms with Crippen molar-refractivity contribution >= 4 is 22.7 Å². The molecule has 0 spiro atoms. The molecular formula is C18H20N6O2. The van der Waals surface area contributed by atoms with Gasteiger partial charge in [-0.2, -0.15) is 10.2 Å². The van der Waals surface area contributed by atoms with Crippen LogP contribution >= 0.6 is 0 Å². The lowest BCUT2D eigenvalue weighted by Gasteiger charge is -2.27. The molecule has 8 heteroatoms. The van der Waals surface area contributed by atoms with Crippen LogP contribution in [0.2, 0.25) is 0 Å². The molecule has 3 aromatic rings. The summed E-state index contributed by atoms with van der Waals surface area (Å²) in [5.74, 6) is -0.241. The van der Waals surface area contributed by atoms with Crippen molar-refractivity contribution in [2.24, 2.45) is 7.05 Å². The Hall–Kier alpha value is -3.16. The number of carbonyl (C=O) groups is 2. The Bertz CT molecular complexity index is 1020. The van der Waals surface area contributed by atoms with Crippen molar-refractivity contribution in [2.75, 3.05) is 20.6 Å². The second-order valence-corrected chi connectivity index (χ2v) is 6.66. The van der Waals surface area contributed by atoms with Gasteiger partial charge in [-0.05, 0) is 12.1 Å². The maximum atomic E-state index is 13.0. The molecule has 4 rings (SSSR count). The first kappa shape index (κ1) is 16.3. The van der Waals surface area contributed by atoms with Crippen molar-refractivity contribution in [1.29, 1.82) is 0 Å². The Balaban J connectivity index is 1.62. The quantitative estimate of drug-likeness (QED) is 0.693. The van der Waals surface area contributed by atoms with Gasteiger partial charge < -0.3 is 9.80 Å². The minimum atomic E-state index is -0.138. The highest BCUT2D eigenvalue weighted by Crippen LogP contribution is 2.22. The molecule has 0 radical (unpaired) electrons. The highest BCUT2D eigenvalue weighted by atomic mass is 16.2. The molecule has 0 aliphatic carbocycles. The third-order valence-corrected chi connectivity index (χ3v) is 4.67. The number of benzene rings is 1. The molecule has 1 aliphatic heterocycles. The molecule has 1 aliphatic rings. The van der Waals surface area contributed by atoms with E-state index in [1.165, 1.54) is 4.90 Å². The number of fused-ring (bicyclic) bond motifs is 2. The monoisotopic (exact) mass is 352 g/mol. The molecule has 2 aromatic heterocycles. The number of para-hydroxylation sites is 1. The summed E-state index contributed by atoms with van der Waals surface area (Å²) < 4.78 is 3.53. The van der Waals surface area contributed by atoms with Crippen molar-refractivity contribution < 1.29 is 9.59 Å². The van der Waals surface area contributed by atoms with Crippen molar-refractivity contribution in [3.05, 3.63) is 47.4 Å². The van der Waals surface area contributed by atoms with Gasteiger partial charge in [0.05, 0.1) is 24.3 Å². The molecule has 2 amide bonds. The van der Waals surface area contributed by atoms with Gasteiger partial charge in [-0.1, -0.05) is 18.2 Å². The van der Waals surface area contributed by atoms with E-state index in [1.54, 1.807) is 34.4 Å². The SMILES string of the molecule is CN(C)C(=O)c1cc2n(n1)CCN(C(=O)c1nn(C)c3ccccc13)C2. The summed E-state index contributed by atoms with van der Waals surface area (Å²) in [4.78, 5) is 28.4. The zero-order valence-corrected chi connectivity index (χ0v) is 15.0. The summed E-state index contributed by atoms with van der Waals surface area (Å²) in [6.07, 6.45) is 0. The van der Waals surface area contributed by atoms with Crippen LogP contribution in [-0.2, 0) is 20.1 Å². The highest BCUT2D eigenvalue weighted by molar-refractivity contribution is 6.04. The van der Waals surface area contributed by atoms with Crippen LogP contribution in [0.4, 0.5) is 0 Å². The number of aromatic nitrogens is 4. The van der Waals surface area contributed by atoms with Crippen LogP contribution in [-0.4, -0.2) is 61.8 Å². The molecule has 0 atom stereocenters. The maximum absolute atomic E-state index is 13.0. The third-order valence-electron chi connectivity index (χ3n) is 4.67. The van der Waals surface area contributed by atoms with Crippen molar-refractivity contribution in [1.82, 2.24) is 29.4 Å². The van der Waals surface area contributed by atoms with Crippen LogP contribution in [0.1, 0.15) is 26.7 Å². The normalized spacial score (nSPS) is 13.7. The average molecular weight is 352 g/mol. The Kier molecular flexibility index (Phi) is 3.75. The van der Waals surface area contributed by atoms with E-state index < -0.39 is 0 Å². The van der Waals surface area contributed by atoms with Crippen LogP contribution in [0.15, 0.2) is 30.3 Å². The zero-order chi connectivity index (χ0) is 18.4. The van der Waals surface area contributed by atoms with Crippen molar-refractivity contribution in [2.45, 2.75) is 13.1 Å². The van der Waals surface area contributed by atoms with Crippen LogP contribution in [0, 0.1) is 0 Å². The molecule has 0 saturated carbocycles. The summed E-state index contributed by atoms with van der Waals surface area (Å²) in [7, 11) is 5.23. The Morgan fingerprint density at radius 3 is 2.65 bits per heavy atom. The summed E-state index contributed by atoms with van der Waals surface area (Å²) in [6.45, 7) is 1.51. The first-order valence-electron chi connectivity index (χ1n) is 8.45. The first-order chi connectivity index (χ1) is 12.5. The fraction of sp³-hybridized carbons (Fsp3) is 0.333. The maximum Gasteiger partial charge on any atom is 0.275 e. The fourth-order valence-electron chi connectivity index (χ4n) is 3.29. The van der Waals surface area contributed by atoms with Gasteiger partial charge in [0.25, 0.3) is 11.8 Å². The molecular weight excluding hydrogens is 332 g/mol. The van der Waals surface area contributed by atoms with E-state index in [0.29, 0.717) is 31.0 Å². The molecule has 8 nitrogen and oxygen atoms in total. The molecule has 134 valence electrons. The summed E-state index contributed by atoms with van der Waals surface area (Å²) in [6, 6.07) is 9.46. The fourth-order valence-corrected chi connectivity index (χ4v) is 3.29. The van der Waals surface area contributed by atoms with Crippen LogP contribution in [0.5, 0.6) is 0 Å². The second kappa shape index (κ2) is 5.98. The number of aryl methyl sites for hydroxylation is 1. The number of amides is 2. The molecule has 0 bridgehead atoms. The summed E-state index contributed by atoms with van der Waals surface area (Å²) >= 11 is 0.